The van der Waals surface area contributed by atoms with Gasteiger partial charge in [0.2, 0.25) is 0 Å². The molecule has 0 aliphatic carbocycles. The number of halogens is 4. The molecule has 0 amide bonds. The first-order valence-corrected chi connectivity index (χ1v) is 6.80. The Labute approximate surface area is 133 Å². The van der Waals surface area contributed by atoms with Gasteiger partial charge in [-0.05, 0) is 19.1 Å². The second-order valence-electron chi connectivity index (χ2n) is 4.72. The number of pyridine rings is 1. The van der Waals surface area contributed by atoms with Gasteiger partial charge in [-0.2, -0.15) is 23.0 Å². The van der Waals surface area contributed by atoms with Gasteiger partial charge in [0.15, 0.2) is 5.82 Å². The molecule has 2 aromatic rings. The first-order valence-electron chi connectivity index (χ1n) is 6.43. The predicted octanol–water partition coefficient (Wildman–Crippen LogP) is 2.09. The topological polar surface area (TPSA) is 80.0 Å². The highest BCUT2D eigenvalue weighted by atomic mass is 35.5. The van der Waals surface area contributed by atoms with Gasteiger partial charge in [0.1, 0.15) is 5.02 Å². The molecule has 0 aromatic carbocycles. The van der Waals surface area contributed by atoms with Gasteiger partial charge >= 0.3 is 6.18 Å². The van der Waals surface area contributed by atoms with Crippen molar-refractivity contribution in [3.63, 3.8) is 0 Å². The number of rotatable bonds is 4. The highest BCUT2D eigenvalue weighted by molar-refractivity contribution is 6.32. The van der Waals surface area contributed by atoms with Gasteiger partial charge in [0.05, 0.1) is 24.1 Å². The van der Waals surface area contributed by atoms with Crippen LogP contribution in [0.3, 0.4) is 0 Å². The Hall–Kier alpha value is -2.13. The zero-order chi connectivity index (χ0) is 17.2. The maximum atomic E-state index is 12.5. The van der Waals surface area contributed by atoms with Crippen LogP contribution in [-0.2, 0) is 6.18 Å². The fourth-order valence-corrected chi connectivity index (χ4v) is 1.87. The fourth-order valence-electron chi connectivity index (χ4n) is 1.69. The van der Waals surface area contributed by atoms with E-state index in [-0.39, 0.29) is 29.2 Å². The third kappa shape index (κ3) is 3.80. The number of nitrogens with one attached hydrogen (secondary N) is 1. The molecule has 0 saturated heterocycles. The summed E-state index contributed by atoms with van der Waals surface area (Å²) in [6.45, 7) is 1.49. The number of alkyl halides is 3. The van der Waals surface area contributed by atoms with E-state index in [0.29, 0.717) is 6.20 Å². The molecule has 1 atom stereocenters. The molecular formula is C13H12ClF3N4O2. The van der Waals surface area contributed by atoms with Crippen LogP contribution in [0, 0.1) is 0 Å². The fraction of sp³-hybridized carbons (Fsp3) is 0.308. The summed E-state index contributed by atoms with van der Waals surface area (Å²) in [5.74, 6) is -0.0911. The molecule has 1 unspecified atom stereocenters. The van der Waals surface area contributed by atoms with E-state index in [0.717, 1.165) is 16.8 Å². The Balaban J connectivity index is 2.38. The van der Waals surface area contributed by atoms with Crippen molar-refractivity contribution in [3.8, 4) is 5.82 Å². The van der Waals surface area contributed by atoms with E-state index in [9.17, 15) is 18.0 Å². The number of hydrogen-bond donors (Lipinski definition) is 2. The van der Waals surface area contributed by atoms with Crippen LogP contribution in [0.4, 0.5) is 18.9 Å². The molecule has 6 nitrogen and oxygen atoms in total. The van der Waals surface area contributed by atoms with E-state index in [2.05, 4.69) is 15.4 Å². The first-order chi connectivity index (χ1) is 10.7. The maximum Gasteiger partial charge on any atom is 0.417 e. The lowest BCUT2D eigenvalue weighted by atomic mass is 10.3. The molecule has 2 rings (SSSR count). The van der Waals surface area contributed by atoms with Crippen molar-refractivity contribution < 1.29 is 18.3 Å². The second-order valence-corrected chi connectivity index (χ2v) is 5.10. The molecule has 0 radical (unpaired) electrons. The molecule has 0 spiro atoms. The van der Waals surface area contributed by atoms with E-state index in [4.69, 9.17) is 16.7 Å². The smallest absolute Gasteiger partial charge is 0.394 e. The van der Waals surface area contributed by atoms with Gasteiger partial charge in [0, 0.05) is 12.2 Å². The molecule has 2 N–H and O–H groups in total. The molecule has 2 aromatic heterocycles. The molecule has 0 aliphatic rings. The summed E-state index contributed by atoms with van der Waals surface area (Å²) in [6.07, 6.45) is -2.68. The summed E-state index contributed by atoms with van der Waals surface area (Å²) in [6, 6.07) is 1.47. The zero-order valence-electron chi connectivity index (χ0n) is 11.8. The molecule has 2 heterocycles. The van der Waals surface area contributed by atoms with Crippen LogP contribution in [0.1, 0.15) is 12.5 Å². The highest BCUT2D eigenvalue weighted by Gasteiger charge is 2.30. The van der Waals surface area contributed by atoms with Gasteiger partial charge in [0.25, 0.3) is 5.56 Å². The minimum absolute atomic E-state index is 0.0911. The summed E-state index contributed by atoms with van der Waals surface area (Å²) in [4.78, 5) is 15.7. The first kappa shape index (κ1) is 17.2. The molecule has 0 bridgehead atoms. The average molecular weight is 349 g/mol. The maximum absolute atomic E-state index is 12.5. The average Bonchev–Trinajstić information content (AvgIpc) is 2.51. The number of aliphatic hydroxyl groups excluding tert-OH is 1. The van der Waals surface area contributed by atoms with E-state index >= 15 is 0 Å². The Kier molecular flexibility index (Phi) is 4.90. The van der Waals surface area contributed by atoms with Gasteiger partial charge in [-0.1, -0.05) is 11.6 Å². The molecule has 10 heteroatoms. The van der Waals surface area contributed by atoms with Gasteiger partial charge in [-0.25, -0.2) is 4.98 Å². The minimum Gasteiger partial charge on any atom is -0.394 e. The summed E-state index contributed by atoms with van der Waals surface area (Å²) in [7, 11) is 0. The summed E-state index contributed by atoms with van der Waals surface area (Å²) < 4.78 is 38.3. The summed E-state index contributed by atoms with van der Waals surface area (Å²) in [5, 5.41) is 15.4. The van der Waals surface area contributed by atoms with Crippen molar-refractivity contribution >= 4 is 17.3 Å². The van der Waals surface area contributed by atoms with Crippen LogP contribution in [0.25, 0.3) is 5.82 Å². The van der Waals surface area contributed by atoms with Gasteiger partial charge in [-0.15, -0.1) is 0 Å². The number of aromatic nitrogens is 3. The molecule has 23 heavy (non-hydrogen) atoms. The van der Waals surface area contributed by atoms with Crippen molar-refractivity contribution in [2.75, 3.05) is 11.9 Å². The van der Waals surface area contributed by atoms with Crippen molar-refractivity contribution in [2.45, 2.75) is 19.1 Å². The number of nitrogens with zero attached hydrogens (tertiary/aromatic N) is 3. The Morgan fingerprint density at radius 2 is 2.09 bits per heavy atom. The van der Waals surface area contributed by atoms with Crippen LogP contribution < -0.4 is 10.9 Å². The van der Waals surface area contributed by atoms with Crippen LogP contribution in [0.15, 0.2) is 29.3 Å². The quantitative estimate of drug-likeness (QED) is 0.884. The van der Waals surface area contributed by atoms with Crippen molar-refractivity contribution in [3.05, 3.63) is 45.5 Å². The summed E-state index contributed by atoms with van der Waals surface area (Å²) in [5.41, 5.74) is -1.47. The van der Waals surface area contributed by atoms with Gasteiger partial charge in [-0.3, -0.25) is 4.79 Å². The van der Waals surface area contributed by atoms with Crippen molar-refractivity contribution in [1.29, 1.82) is 0 Å². The van der Waals surface area contributed by atoms with E-state index < -0.39 is 17.3 Å². The molecule has 0 aliphatic heterocycles. The number of hydrogen-bond acceptors (Lipinski definition) is 5. The van der Waals surface area contributed by atoms with E-state index in [1.54, 1.807) is 6.92 Å². The van der Waals surface area contributed by atoms with Crippen molar-refractivity contribution in [1.82, 2.24) is 14.8 Å². The minimum atomic E-state index is -4.52. The van der Waals surface area contributed by atoms with E-state index in [1.165, 1.54) is 6.20 Å². The Morgan fingerprint density at radius 3 is 2.61 bits per heavy atom. The van der Waals surface area contributed by atoms with Crippen LogP contribution in [-0.4, -0.2) is 32.5 Å². The van der Waals surface area contributed by atoms with E-state index in [1.807, 2.05) is 0 Å². The number of anilines is 1. The third-order valence-corrected chi connectivity index (χ3v) is 3.25. The Bertz CT molecular complexity index is 746. The van der Waals surface area contributed by atoms with Gasteiger partial charge < -0.3 is 10.4 Å². The summed E-state index contributed by atoms with van der Waals surface area (Å²) >= 11 is 5.93. The third-order valence-electron chi connectivity index (χ3n) is 2.89. The molecule has 0 fully saturated rings. The Morgan fingerprint density at radius 1 is 1.39 bits per heavy atom. The largest absolute Gasteiger partial charge is 0.417 e. The van der Waals surface area contributed by atoms with Crippen molar-refractivity contribution in [2.24, 2.45) is 0 Å². The normalized spacial score (nSPS) is 13.0. The molecule has 124 valence electrons. The second kappa shape index (κ2) is 6.55. The van der Waals surface area contributed by atoms with Crippen LogP contribution in [0.5, 0.6) is 0 Å². The lowest BCUT2D eigenvalue weighted by Gasteiger charge is -2.14. The van der Waals surface area contributed by atoms with Crippen LogP contribution >= 0.6 is 11.6 Å². The zero-order valence-corrected chi connectivity index (χ0v) is 12.6. The SMILES string of the molecule is CC(CO)Nc1cnn(-c2ccc(C(F)(F)F)cn2)c(=O)c1Cl. The predicted molar refractivity (Wildman–Crippen MR) is 77.8 cm³/mol. The molecule has 0 saturated carbocycles. The number of aliphatic hydroxyl groups is 1. The lowest BCUT2D eigenvalue weighted by Crippen LogP contribution is -2.26. The monoisotopic (exact) mass is 348 g/mol. The van der Waals surface area contributed by atoms with Crippen LogP contribution in [0.2, 0.25) is 5.02 Å². The highest BCUT2D eigenvalue weighted by Crippen LogP contribution is 2.28. The standard InChI is InChI=1S/C13H12ClF3N4O2/c1-7(6-22)20-9-5-19-21(12(23)11(9)14)10-3-2-8(4-18-10)13(15,16)17/h2-5,7,20,22H,6H2,1H3. The lowest BCUT2D eigenvalue weighted by molar-refractivity contribution is -0.137. The molecular weight excluding hydrogens is 337 g/mol.